The number of thiocarbonyl (C=S) groups is 1. The number of nitrogens with one attached hydrogen (secondary N) is 1. The Labute approximate surface area is 124 Å². The zero-order valence-corrected chi connectivity index (χ0v) is 12.5. The Morgan fingerprint density at radius 3 is 2.89 bits per heavy atom. The van der Waals surface area contributed by atoms with Crippen LogP contribution in [-0.2, 0) is 0 Å². The van der Waals surface area contributed by atoms with Gasteiger partial charge in [0.25, 0.3) is 0 Å². The lowest BCUT2D eigenvalue weighted by Gasteiger charge is -2.11. The highest BCUT2D eigenvalue weighted by Gasteiger charge is 2.09. The molecule has 7 heteroatoms. The van der Waals surface area contributed by atoms with E-state index in [9.17, 15) is 0 Å². The maximum Gasteiger partial charge on any atom is 0.163 e. The van der Waals surface area contributed by atoms with Gasteiger partial charge in [0.2, 0.25) is 0 Å². The van der Waals surface area contributed by atoms with Crippen LogP contribution < -0.4 is 15.8 Å². The summed E-state index contributed by atoms with van der Waals surface area (Å²) in [5, 5.41) is 11.0. The van der Waals surface area contributed by atoms with E-state index in [2.05, 4.69) is 31.4 Å². The summed E-state index contributed by atoms with van der Waals surface area (Å²) in [7, 11) is 1.61. The number of nitrogens with zero attached hydrogens (tertiary/aromatic N) is 2. The second kappa shape index (κ2) is 5.94. The van der Waals surface area contributed by atoms with E-state index in [1.165, 1.54) is 0 Å². The summed E-state index contributed by atoms with van der Waals surface area (Å²) in [6.07, 6.45) is 1.54. The highest BCUT2D eigenvalue weighted by molar-refractivity contribution is 9.10. The van der Waals surface area contributed by atoms with Crippen LogP contribution in [0.1, 0.15) is 5.56 Å². The zero-order chi connectivity index (χ0) is 13.8. The van der Waals surface area contributed by atoms with Gasteiger partial charge >= 0.3 is 0 Å². The molecule has 19 heavy (non-hydrogen) atoms. The molecule has 0 saturated heterocycles. The first kappa shape index (κ1) is 13.7. The molecule has 0 atom stereocenters. The van der Waals surface area contributed by atoms with Crippen LogP contribution in [0.4, 0.5) is 11.5 Å². The molecule has 98 valence electrons. The van der Waals surface area contributed by atoms with E-state index in [-0.39, 0.29) is 4.99 Å². The molecule has 0 fully saturated rings. The number of halogens is 1. The highest BCUT2D eigenvalue weighted by atomic mass is 79.9. The normalized spacial score (nSPS) is 10.0. The van der Waals surface area contributed by atoms with Crippen molar-refractivity contribution in [3.63, 3.8) is 0 Å². The third kappa shape index (κ3) is 3.18. The van der Waals surface area contributed by atoms with Crippen LogP contribution in [0.2, 0.25) is 0 Å². The summed E-state index contributed by atoms with van der Waals surface area (Å²) in [6.45, 7) is 0. The van der Waals surface area contributed by atoms with E-state index in [4.69, 9.17) is 22.7 Å². The molecule has 0 aliphatic carbocycles. The monoisotopic (exact) mass is 338 g/mol. The van der Waals surface area contributed by atoms with Crippen LogP contribution in [-0.4, -0.2) is 22.3 Å². The van der Waals surface area contributed by atoms with Gasteiger partial charge in [-0.2, -0.15) is 5.10 Å². The summed E-state index contributed by atoms with van der Waals surface area (Å²) in [5.41, 5.74) is 7.08. The number of nitrogens with two attached hydrogens (primary N) is 1. The van der Waals surface area contributed by atoms with Crippen molar-refractivity contribution < 1.29 is 4.74 Å². The maximum absolute atomic E-state index is 5.65. The molecule has 2 aromatic rings. The fraction of sp³-hybridized carbons (Fsp3) is 0.0833. The molecular weight excluding hydrogens is 328 g/mol. The number of hydrogen-bond acceptors (Lipinski definition) is 5. The molecule has 0 aliphatic heterocycles. The van der Waals surface area contributed by atoms with E-state index in [1.54, 1.807) is 19.4 Å². The quantitative estimate of drug-likeness (QED) is 0.835. The molecule has 2 rings (SSSR count). The minimum Gasteiger partial charge on any atom is -0.497 e. The van der Waals surface area contributed by atoms with Gasteiger partial charge in [-0.05, 0) is 34.1 Å². The number of anilines is 2. The lowest BCUT2D eigenvalue weighted by molar-refractivity contribution is 0.415. The molecule has 1 heterocycles. The molecule has 0 amide bonds. The van der Waals surface area contributed by atoms with Gasteiger partial charge in [0.15, 0.2) is 5.82 Å². The van der Waals surface area contributed by atoms with E-state index < -0.39 is 0 Å². The fourth-order valence-electron chi connectivity index (χ4n) is 1.48. The van der Waals surface area contributed by atoms with Crippen molar-refractivity contribution in [3.8, 4) is 5.75 Å². The summed E-state index contributed by atoms with van der Waals surface area (Å²) in [6, 6.07) is 7.27. The van der Waals surface area contributed by atoms with Crippen molar-refractivity contribution in [2.24, 2.45) is 5.73 Å². The SMILES string of the molecule is COc1ccc(Br)c(Nc2nnccc2C(N)=S)c1. The largest absolute Gasteiger partial charge is 0.497 e. The molecule has 0 bridgehead atoms. The van der Waals surface area contributed by atoms with Crippen molar-refractivity contribution in [2.75, 3.05) is 12.4 Å². The van der Waals surface area contributed by atoms with Crippen LogP contribution in [0.15, 0.2) is 34.9 Å². The van der Waals surface area contributed by atoms with Crippen LogP contribution in [0.25, 0.3) is 0 Å². The Morgan fingerprint density at radius 1 is 1.42 bits per heavy atom. The number of ether oxygens (including phenoxy) is 1. The standard InChI is InChI=1S/C12H11BrN4OS/c1-18-7-2-3-9(13)10(6-7)16-12-8(11(14)19)4-5-15-17-12/h2-6H,1H3,(H2,14,19)(H,16,17). The molecule has 0 unspecified atom stereocenters. The van der Waals surface area contributed by atoms with Gasteiger partial charge in [0.05, 0.1) is 24.6 Å². The average Bonchev–Trinajstić information content (AvgIpc) is 2.41. The molecule has 3 N–H and O–H groups in total. The van der Waals surface area contributed by atoms with Crippen molar-refractivity contribution >= 4 is 44.6 Å². The van der Waals surface area contributed by atoms with Gasteiger partial charge in [-0.15, -0.1) is 5.10 Å². The van der Waals surface area contributed by atoms with Gasteiger partial charge < -0.3 is 15.8 Å². The first-order valence-corrected chi connectivity index (χ1v) is 6.54. The highest BCUT2D eigenvalue weighted by Crippen LogP contribution is 2.29. The van der Waals surface area contributed by atoms with Gasteiger partial charge in [0.1, 0.15) is 10.7 Å². The van der Waals surface area contributed by atoms with E-state index in [0.717, 1.165) is 15.9 Å². The molecule has 0 radical (unpaired) electrons. The molecule has 0 spiro atoms. The summed E-state index contributed by atoms with van der Waals surface area (Å²) >= 11 is 8.43. The average molecular weight is 339 g/mol. The smallest absolute Gasteiger partial charge is 0.163 e. The summed E-state index contributed by atoms with van der Waals surface area (Å²) < 4.78 is 6.05. The maximum atomic E-state index is 5.65. The predicted octanol–water partition coefficient (Wildman–Crippen LogP) is 2.63. The molecule has 0 aliphatic rings. The van der Waals surface area contributed by atoms with Crippen LogP contribution >= 0.6 is 28.1 Å². The number of aromatic nitrogens is 2. The second-order valence-corrected chi connectivity index (χ2v) is 4.92. The lowest BCUT2D eigenvalue weighted by atomic mass is 10.2. The topological polar surface area (TPSA) is 73.1 Å². The molecule has 1 aromatic heterocycles. The van der Waals surface area contributed by atoms with Gasteiger partial charge in [-0.3, -0.25) is 0 Å². The van der Waals surface area contributed by atoms with Gasteiger partial charge in [0, 0.05) is 10.5 Å². The number of benzene rings is 1. The van der Waals surface area contributed by atoms with Gasteiger partial charge in [-0.25, -0.2) is 0 Å². The molecular formula is C12H11BrN4OS. The number of methoxy groups -OCH3 is 1. The number of hydrogen-bond donors (Lipinski definition) is 2. The van der Waals surface area contributed by atoms with Crippen molar-refractivity contribution in [2.45, 2.75) is 0 Å². The van der Waals surface area contributed by atoms with E-state index in [0.29, 0.717) is 11.4 Å². The Morgan fingerprint density at radius 2 is 2.21 bits per heavy atom. The lowest BCUT2D eigenvalue weighted by Crippen LogP contribution is -2.13. The fourth-order valence-corrected chi connectivity index (χ4v) is 1.99. The van der Waals surface area contributed by atoms with Crippen molar-refractivity contribution in [1.29, 1.82) is 0 Å². The zero-order valence-electron chi connectivity index (χ0n) is 10.1. The van der Waals surface area contributed by atoms with Crippen molar-refractivity contribution in [1.82, 2.24) is 10.2 Å². The van der Waals surface area contributed by atoms with Crippen LogP contribution in [0, 0.1) is 0 Å². The molecule has 1 aromatic carbocycles. The van der Waals surface area contributed by atoms with E-state index >= 15 is 0 Å². The minimum atomic E-state index is 0.261. The Hall–Kier alpha value is -1.73. The van der Waals surface area contributed by atoms with E-state index in [1.807, 2.05) is 18.2 Å². The summed E-state index contributed by atoms with van der Waals surface area (Å²) in [4.78, 5) is 0.261. The Balaban J connectivity index is 2.38. The molecule has 0 saturated carbocycles. The second-order valence-electron chi connectivity index (χ2n) is 3.63. The minimum absolute atomic E-state index is 0.261. The predicted molar refractivity (Wildman–Crippen MR) is 81.9 cm³/mol. The Kier molecular flexibility index (Phi) is 4.28. The first-order chi connectivity index (χ1) is 9.11. The third-order valence-electron chi connectivity index (χ3n) is 2.41. The number of rotatable bonds is 4. The summed E-state index contributed by atoms with van der Waals surface area (Å²) in [5.74, 6) is 1.23. The first-order valence-electron chi connectivity index (χ1n) is 5.34. The third-order valence-corrected chi connectivity index (χ3v) is 3.32. The molecule has 5 nitrogen and oxygen atoms in total. The van der Waals surface area contributed by atoms with Crippen LogP contribution in [0.3, 0.4) is 0 Å². The van der Waals surface area contributed by atoms with Gasteiger partial charge in [-0.1, -0.05) is 12.2 Å². The van der Waals surface area contributed by atoms with Crippen LogP contribution in [0.5, 0.6) is 5.75 Å². The van der Waals surface area contributed by atoms with Crippen molar-refractivity contribution in [3.05, 3.63) is 40.5 Å². The Bertz CT molecular complexity index is 620.